The Balaban J connectivity index is 2.27. The molecule has 1 aliphatic rings. The molecule has 0 bridgehead atoms. The highest BCUT2D eigenvalue weighted by atomic mass is 79.9. The van der Waals surface area contributed by atoms with Crippen molar-refractivity contribution in [3.05, 3.63) is 22.7 Å². The summed E-state index contributed by atoms with van der Waals surface area (Å²) in [6.07, 6.45) is 4.94. The molecule has 1 aliphatic carbocycles. The molecule has 0 aromatic heterocycles. The van der Waals surface area contributed by atoms with Crippen LogP contribution in [0, 0.1) is 0 Å². The molecule has 0 spiro atoms. The highest BCUT2D eigenvalue weighted by molar-refractivity contribution is 9.10. The quantitative estimate of drug-likeness (QED) is 0.765. The molecule has 1 nitrogen and oxygen atoms in total. The van der Waals surface area contributed by atoms with E-state index in [-0.39, 0.29) is 0 Å². The molecule has 13 heavy (non-hydrogen) atoms. The predicted molar refractivity (Wildman–Crippen MR) is 59.6 cm³/mol. The minimum Gasteiger partial charge on any atom is -0.488 e. The van der Waals surface area contributed by atoms with Gasteiger partial charge in [-0.2, -0.15) is 0 Å². The van der Waals surface area contributed by atoms with Crippen LogP contribution in [0.3, 0.4) is 0 Å². The normalized spacial score (nSPS) is 15.8. The van der Waals surface area contributed by atoms with Crippen LogP contribution in [0.4, 0.5) is 0 Å². The molecule has 0 N–H and O–H groups in total. The Labute approximate surface area is 91.0 Å². The molecule has 2 rings (SSSR count). The predicted octanol–water partition coefficient (Wildman–Crippen LogP) is 3.71. The van der Waals surface area contributed by atoms with E-state index in [2.05, 4.69) is 28.3 Å². The first-order valence-electron chi connectivity index (χ1n) is 4.30. The Hall–Kier alpha value is -0.150. The average molecular weight is 259 g/mol. The van der Waals surface area contributed by atoms with Gasteiger partial charge < -0.3 is 4.74 Å². The molecule has 0 unspecified atom stereocenters. The molecule has 3 heteroatoms. The van der Waals surface area contributed by atoms with Gasteiger partial charge in [0.05, 0.1) is 15.5 Å². The third-order valence-electron chi connectivity index (χ3n) is 1.96. The second kappa shape index (κ2) is 3.93. The summed E-state index contributed by atoms with van der Waals surface area (Å²) in [6.45, 7) is 0. The van der Waals surface area contributed by atoms with Crippen molar-refractivity contribution < 1.29 is 4.74 Å². The van der Waals surface area contributed by atoms with Crippen molar-refractivity contribution in [3.8, 4) is 5.75 Å². The fraction of sp³-hybridized carbons (Fsp3) is 0.400. The number of thioether (sulfide) groups is 1. The fourth-order valence-electron chi connectivity index (χ4n) is 1.12. The van der Waals surface area contributed by atoms with Gasteiger partial charge in [0.25, 0.3) is 0 Å². The summed E-state index contributed by atoms with van der Waals surface area (Å²) in [6, 6.07) is 6.15. The number of halogens is 1. The molecule has 0 amide bonds. The van der Waals surface area contributed by atoms with Crippen molar-refractivity contribution in [1.82, 2.24) is 0 Å². The lowest BCUT2D eigenvalue weighted by molar-refractivity contribution is 0.294. The number of benzene rings is 1. The first-order valence-corrected chi connectivity index (χ1v) is 6.32. The lowest BCUT2D eigenvalue weighted by atomic mass is 10.3. The Morgan fingerprint density at radius 1 is 1.46 bits per heavy atom. The fourth-order valence-corrected chi connectivity index (χ4v) is 2.27. The number of rotatable bonds is 3. The van der Waals surface area contributed by atoms with E-state index in [0.717, 1.165) is 10.2 Å². The Bertz CT molecular complexity index is 310. The largest absolute Gasteiger partial charge is 0.488 e. The first-order chi connectivity index (χ1) is 6.31. The molecule has 1 saturated carbocycles. The molecule has 70 valence electrons. The Kier molecular flexibility index (Phi) is 2.84. The van der Waals surface area contributed by atoms with Gasteiger partial charge in [0.1, 0.15) is 5.75 Å². The summed E-state index contributed by atoms with van der Waals surface area (Å²) in [5, 5.41) is 0. The van der Waals surface area contributed by atoms with Crippen LogP contribution in [0.25, 0.3) is 0 Å². The van der Waals surface area contributed by atoms with E-state index in [4.69, 9.17) is 4.74 Å². The van der Waals surface area contributed by atoms with Gasteiger partial charge in [0, 0.05) is 0 Å². The van der Waals surface area contributed by atoms with E-state index >= 15 is 0 Å². The van der Waals surface area contributed by atoms with Crippen molar-refractivity contribution in [2.45, 2.75) is 23.8 Å². The Morgan fingerprint density at radius 2 is 2.23 bits per heavy atom. The van der Waals surface area contributed by atoms with E-state index in [9.17, 15) is 0 Å². The number of ether oxygens (including phenoxy) is 1. The van der Waals surface area contributed by atoms with Gasteiger partial charge in [-0.1, -0.05) is 6.07 Å². The summed E-state index contributed by atoms with van der Waals surface area (Å²) in [4.78, 5) is 1.21. The summed E-state index contributed by atoms with van der Waals surface area (Å²) in [5.74, 6) is 1.01. The van der Waals surface area contributed by atoms with Gasteiger partial charge in [-0.3, -0.25) is 0 Å². The molecule has 0 atom stereocenters. The maximum absolute atomic E-state index is 5.81. The first kappa shape index (κ1) is 9.41. The highest BCUT2D eigenvalue weighted by Crippen LogP contribution is 2.38. The summed E-state index contributed by atoms with van der Waals surface area (Å²) in [7, 11) is 0. The van der Waals surface area contributed by atoms with E-state index in [0.29, 0.717) is 6.10 Å². The second-order valence-electron chi connectivity index (χ2n) is 3.09. The van der Waals surface area contributed by atoms with Crippen molar-refractivity contribution in [3.63, 3.8) is 0 Å². The van der Waals surface area contributed by atoms with Gasteiger partial charge in [0.2, 0.25) is 0 Å². The second-order valence-corrected chi connectivity index (χ2v) is 4.79. The Morgan fingerprint density at radius 3 is 2.85 bits per heavy atom. The monoisotopic (exact) mass is 258 g/mol. The van der Waals surface area contributed by atoms with Gasteiger partial charge in [-0.25, -0.2) is 0 Å². The summed E-state index contributed by atoms with van der Waals surface area (Å²) >= 11 is 5.23. The van der Waals surface area contributed by atoms with Crippen LogP contribution in [-0.4, -0.2) is 12.4 Å². The molecule has 0 aliphatic heterocycles. The van der Waals surface area contributed by atoms with Crippen LogP contribution in [-0.2, 0) is 0 Å². The van der Waals surface area contributed by atoms with Crippen LogP contribution >= 0.6 is 27.7 Å². The molecule has 0 radical (unpaired) electrons. The molecule has 0 saturated heterocycles. The molecule has 1 fully saturated rings. The third-order valence-corrected chi connectivity index (χ3v) is 3.35. The van der Waals surface area contributed by atoms with Crippen LogP contribution in [0.15, 0.2) is 27.6 Å². The lowest BCUT2D eigenvalue weighted by Crippen LogP contribution is -1.97. The SMILES string of the molecule is CSc1cccc(Br)c1OC1CC1. The minimum atomic E-state index is 0.463. The maximum atomic E-state index is 5.81. The van der Waals surface area contributed by atoms with E-state index in [1.54, 1.807) is 11.8 Å². The van der Waals surface area contributed by atoms with Crippen molar-refractivity contribution in [1.29, 1.82) is 0 Å². The van der Waals surface area contributed by atoms with E-state index < -0.39 is 0 Å². The zero-order valence-electron chi connectivity index (χ0n) is 7.42. The highest BCUT2D eigenvalue weighted by Gasteiger charge is 2.25. The number of para-hydroxylation sites is 1. The molecular formula is C10H11BrOS. The zero-order valence-corrected chi connectivity index (χ0v) is 9.82. The summed E-state index contributed by atoms with van der Waals surface area (Å²) in [5.41, 5.74) is 0. The topological polar surface area (TPSA) is 9.23 Å². The van der Waals surface area contributed by atoms with E-state index in [1.807, 2.05) is 12.1 Å². The number of hydrogen-bond donors (Lipinski definition) is 0. The van der Waals surface area contributed by atoms with Crippen LogP contribution in [0.1, 0.15) is 12.8 Å². The van der Waals surface area contributed by atoms with Crippen molar-refractivity contribution >= 4 is 27.7 Å². The molecule has 1 aromatic carbocycles. The number of hydrogen-bond acceptors (Lipinski definition) is 2. The smallest absolute Gasteiger partial charge is 0.147 e. The standard InChI is InChI=1S/C10H11BrOS/c1-13-9-4-2-3-8(11)10(9)12-7-5-6-7/h2-4,7H,5-6H2,1H3. The minimum absolute atomic E-state index is 0.463. The molecule has 0 heterocycles. The zero-order chi connectivity index (χ0) is 9.26. The third kappa shape index (κ3) is 2.20. The van der Waals surface area contributed by atoms with Crippen LogP contribution in [0.5, 0.6) is 5.75 Å². The van der Waals surface area contributed by atoms with Crippen LogP contribution < -0.4 is 4.74 Å². The average Bonchev–Trinajstić information content (AvgIpc) is 2.92. The van der Waals surface area contributed by atoms with Gasteiger partial charge in [-0.15, -0.1) is 11.8 Å². The van der Waals surface area contributed by atoms with Gasteiger partial charge in [-0.05, 0) is 47.2 Å². The van der Waals surface area contributed by atoms with E-state index in [1.165, 1.54) is 17.7 Å². The molecule has 1 aromatic rings. The summed E-state index contributed by atoms with van der Waals surface area (Å²) < 4.78 is 6.87. The molecular weight excluding hydrogens is 248 g/mol. The van der Waals surface area contributed by atoms with Crippen LogP contribution in [0.2, 0.25) is 0 Å². The lowest BCUT2D eigenvalue weighted by Gasteiger charge is -2.10. The van der Waals surface area contributed by atoms with Crippen molar-refractivity contribution in [2.24, 2.45) is 0 Å². The maximum Gasteiger partial charge on any atom is 0.147 e. The van der Waals surface area contributed by atoms with Gasteiger partial charge in [0.15, 0.2) is 0 Å². The van der Waals surface area contributed by atoms with Gasteiger partial charge >= 0.3 is 0 Å². The van der Waals surface area contributed by atoms with Crippen molar-refractivity contribution in [2.75, 3.05) is 6.26 Å².